The van der Waals surface area contributed by atoms with E-state index in [1.807, 2.05) is 0 Å². The Morgan fingerprint density at radius 3 is 2.04 bits per heavy atom. The lowest BCUT2D eigenvalue weighted by molar-refractivity contribution is -0.137. The Morgan fingerprint density at radius 2 is 1.41 bits per heavy atom. The summed E-state index contributed by atoms with van der Waals surface area (Å²) in [7, 11) is 0. The maximum Gasteiger partial charge on any atom is 0.416 e. The molecule has 3 aromatic rings. The molecule has 0 saturated heterocycles. The molecule has 1 unspecified atom stereocenters. The number of halogens is 6. The van der Waals surface area contributed by atoms with Crippen LogP contribution in [0.25, 0.3) is 0 Å². The molecule has 0 aliphatic carbocycles. The van der Waals surface area contributed by atoms with Crippen LogP contribution in [0.1, 0.15) is 28.2 Å². The number of alkyl halides is 3. The van der Waals surface area contributed by atoms with Gasteiger partial charge < -0.3 is 0 Å². The van der Waals surface area contributed by atoms with Gasteiger partial charge in [0.05, 0.1) is 5.56 Å². The first-order chi connectivity index (χ1) is 12.7. The van der Waals surface area contributed by atoms with Gasteiger partial charge >= 0.3 is 6.18 Å². The lowest BCUT2D eigenvalue weighted by atomic mass is 9.85. The molecule has 0 nitrogen and oxygen atoms in total. The molecule has 0 amide bonds. The number of benzene rings is 3. The normalized spacial score (nSPS) is 12.8. The molecule has 0 radical (unpaired) electrons. The molecule has 0 aliphatic heterocycles. The molecule has 1 atom stereocenters. The zero-order valence-corrected chi connectivity index (χ0v) is 13.9. The van der Waals surface area contributed by atoms with Crippen LogP contribution in [0.15, 0.2) is 66.7 Å². The monoisotopic (exact) mass is 380 g/mol. The molecule has 0 saturated carbocycles. The van der Waals surface area contributed by atoms with Gasteiger partial charge in [-0.2, -0.15) is 13.2 Å². The predicted molar refractivity (Wildman–Crippen MR) is 89.7 cm³/mol. The quantitative estimate of drug-likeness (QED) is 0.454. The molecule has 0 N–H and O–H groups in total. The van der Waals surface area contributed by atoms with Crippen LogP contribution < -0.4 is 0 Å². The van der Waals surface area contributed by atoms with E-state index in [1.165, 1.54) is 6.07 Å². The number of hydrogen-bond donors (Lipinski definition) is 0. The molecule has 6 heteroatoms. The van der Waals surface area contributed by atoms with Crippen molar-refractivity contribution in [3.63, 3.8) is 0 Å². The van der Waals surface area contributed by atoms with Gasteiger partial charge in [0.2, 0.25) is 0 Å². The summed E-state index contributed by atoms with van der Waals surface area (Å²) in [5, 5.41) is 0. The highest BCUT2D eigenvalue weighted by molar-refractivity contribution is 5.38. The highest BCUT2D eigenvalue weighted by Crippen LogP contribution is 2.35. The molecule has 27 heavy (non-hydrogen) atoms. The zero-order valence-electron chi connectivity index (χ0n) is 13.9. The van der Waals surface area contributed by atoms with Crippen molar-refractivity contribution in [2.24, 2.45) is 0 Å². The van der Waals surface area contributed by atoms with Crippen molar-refractivity contribution in [3.05, 3.63) is 106 Å². The lowest BCUT2D eigenvalue weighted by Gasteiger charge is -2.20. The van der Waals surface area contributed by atoms with Crippen LogP contribution in [0.3, 0.4) is 0 Å². The van der Waals surface area contributed by atoms with Gasteiger partial charge in [-0.25, -0.2) is 13.2 Å². The van der Waals surface area contributed by atoms with Gasteiger partial charge in [0.1, 0.15) is 5.82 Å². The lowest BCUT2D eigenvalue weighted by Crippen LogP contribution is -2.11. The maximum atomic E-state index is 13.9. The summed E-state index contributed by atoms with van der Waals surface area (Å²) in [6.07, 6.45) is -4.52. The van der Waals surface area contributed by atoms with Crippen molar-refractivity contribution in [3.8, 4) is 0 Å². The third-order valence-electron chi connectivity index (χ3n) is 4.28. The third kappa shape index (κ3) is 4.51. The first kappa shape index (κ1) is 19.0. The van der Waals surface area contributed by atoms with Crippen LogP contribution in [-0.4, -0.2) is 0 Å². The van der Waals surface area contributed by atoms with E-state index >= 15 is 0 Å². The van der Waals surface area contributed by atoms with Crippen molar-refractivity contribution in [1.82, 2.24) is 0 Å². The molecule has 0 aliphatic rings. The van der Waals surface area contributed by atoms with Crippen LogP contribution in [0.2, 0.25) is 0 Å². The fourth-order valence-corrected chi connectivity index (χ4v) is 2.98. The minimum Gasteiger partial charge on any atom is -0.207 e. The van der Waals surface area contributed by atoms with Crippen LogP contribution in [0.5, 0.6) is 0 Å². The maximum absolute atomic E-state index is 13.9. The van der Waals surface area contributed by atoms with E-state index in [2.05, 4.69) is 0 Å². The first-order valence-corrected chi connectivity index (χ1v) is 8.10. The average Bonchev–Trinajstić information content (AvgIpc) is 2.62. The Bertz CT molecular complexity index is 931. The fraction of sp³-hybridized carbons (Fsp3) is 0.143. The van der Waals surface area contributed by atoms with Crippen molar-refractivity contribution in [1.29, 1.82) is 0 Å². The van der Waals surface area contributed by atoms with Crippen molar-refractivity contribution in [2.75, 3.05) is 0 Å². The summed E-state index contributed by atoms with van der Waals surface area (Å²) in [5.41, 5.74) is -0.0585. The Balaban J connectivity index is 2.12. The smallest absolute Gasteiger partial charge is 0.207 e. The van der Waals surface area contributed by atoms with E-state index in [1.54, 1.807) is 30.3 Å². The van der Waals surface area contributed by atoms with Gasteiger partial charge in [0.15, 0.2) is 11.6 Å². The number of hydrogen-bond acceptors (Lipinski definition) is 0. The van der Waals surface area contributed by atoms with Gasteiger partial charge in [0.25, 0.3) is 0 Å². The fourth-order valence-electron chi connectivity index (χ4n) is 2.98. The van der Waals surface area contributed by atoms with Gasteiger partial charge in [-0.15, -0.1) is 0 Å². The van der Waals surface area contributed by atoms with E-state index in [9.17, 15) is 26.3 Å². The molecule has 3 aromatic carbocycles. The first-order valence-electron chi connectivity index (χ1n) is 8.10. The van der Waals surface area contributed by atoms with Crippen LogP contribution in [0, 0.1) is 17.5 Å². The average molecular weight is 380 g/mol. The van der Waals surface area contributed by atoms with E-state index in [4.69, 9.17) is 0 Å². The standard InChI is InChI=1S/C21H14F6/c22-17-10-15(9-16(12-17)21(25,26)27)18(8-13-4-2-1-3-5-13)14-6-7-19(23)20(24)11-14/h1-7,9-12,18H,8H2. The number of rotatable bonds is 4. The molecule has 0 heterocycles. The van der Waals surface area contributed by atoms with E-state index in [0.29, 0.717) is 6.07 Å². The predicted octanol–water partition coefficient (Wildman–Crippen LogP) is 6.50. The van der Waals surface area contributed by atoms with Crippen LogP contribution >= 0.6 is 0 Å². The summed E-state index contributed by atoms with van der Waals surface area (Å²) in [4.78, 5) is 0. The second kappa shape index (κ2) is 7.47. The summed E-state index contributed by atoms with van der Waals surface area (Å²) in [5.74, 6) is -4.00. The van der Waals surface area contributed by atoms with Crippen molar-refractivity contribution in [2.45, 2.75) is 18.5 Å². The summed E-state index contributed by atoms with van der Waals surface area (Å²) in [6, 6.07) is 14.2. The summed E-state index contributed by atoms with van der Waals surface area (Å²) in [6.45, 7) is 0. The Morgan fingerprint density at radius 1 is 0.704 bits per heavy atom. The second-order valence-corrected chi connectivity index (χ2v) is 6.19. The third-order valence-corrected chi connectivity index (χ3v) is 4.28. The van der Waals surface area contributed by atoms with Crippen LogP contribution in [0.4, 0.5) is 26.3 Å². The van der Waals surface area contributed by atoms with Crippen LogP contribution in [-0.2, 0) is 12.6 Å². The summed E-state index contributed by atoms with van der Waals surface area (Å²) < 4.78 is 80.1. The van der Waals surface area contributed by atoms with E-state index in [-0.39, 0.29) is 17.5 Å². The summed E-state index contributed by atoms with van der Waals surface area (Å²) >= 11 is 0. The largest absolute Gasteiger partial charge is 0.416 e. The second-order valence-electron chi connectivity index (χ2n) is 6.19. The topological polar surface area (TPSA) is 0 Å². The SMILES string of the molecule is Fc1cc(C(Cc2ccccc2)c2ccc(F)c(F)c2)cc(C(F)(F)F)c1. The van der Waals surface area contributed by atoms with Crippen molar-refractivity contribution >= 4 is 0 Å². The van der Waals surface area contributed by atoms with Gasteiger partial charge in [-0.05, 0) is 53.4 Å². The molecule has 140 valence electrons. The molecule has 0 bridgehead atoms. The highest BCUT2D eigenvalue weighted by Gasteiger charge is 2.32. The minimum atomic E-state index is -4.72. The Labute approximate surface area is 152 Å². The van der Waals surface area contributed by atoms with Gasteiger partial charge in [0, 0.05) is 5.92 Å². The molecular formula is C21H14F6. The zero-order chi connectivity index (χ0) is 19.6. The Kier molecular flexibility index (Phi) is 5.26. The van der Waals surface area contributed by atoms with Crippen molar-refractivity contribution < 1.29 is 26.3 Å². The minimum absolute atomic E-state index is 0.0391. The van der Waals surface area contributed by atoms with E-state index < -0.39 is 35.1 Å². The van der Waals surface area contributed by atoms with Gasteiger partial charge in [-0.1, -0.05) is 36.4 Å². The van der Waals surface area contributed by atoms with Gasteiger partial charge in [-0.3, -0.25) is 0 Å². The molecule has 0 aromatic heterocycles. The highest BCUT2D eigenvalue weighted by atomic mass is 19.4. The molecular weight excluding hydrogens is 366 g/mol. The molecule has 3 rings (SSSR count). The molecule has 0 spiro atoms. The van der Waals surface area contributed by atoms with E-state index in [0.717, 1.165) is 29.8 Å². The Hall–Kier alpha value is -2.76. The molecule has 0 fully saturated rings.